The lowest BCUT2D eigenvalue weighted by Crippen LogP contribution is -2.50. The number of amides is 3. The van der Waals surface area contributed by atoms with E-state index in [0.29, 0.717) is 23.1 Å². The number of nitrogens with zero attached hydrogens (tertiary/aromatic N) is 2. The predicted molar refractivity (Wildman–Crippen MR) is 93.1 cm³/mol. The maximum atomic E-state index is 12.8. The van der Waals surface area contributed by atoms with Crippen molar-refractivity contribution in [3.05, 3.63) is 35.4 Å². The zero-order chi connectivity index (χ0) is 17.4. The van der Waals surface area contributed by atoms with Crippen LogP contribution in [0.25, 0.3) is 0 Å². The van der Waals surface area contributed by atoms with Crippen LogP contribution < -0.4 is 0 Å². The number of hydrogen-bond acceptors (Lipinski definition) is 3. The highest BCUT2D eigenvalue weighted by Crippen LogP contribution is 2.35. The summed E-state index contributed by atoms with van der Waals surface area (Å²) in [5, 5.41) is 0. The van der Waals surface area contributed by atoms with E-state index in [-0.39, 0.29) is 30.7 Å². The number of imide groups is 1. The fourth-order valence-electron chi connectivity index (χ4n) is 4.73. The summed E-state index contributed by atoms with van der Waals surface area (Å²) in [5.74, 6) is 0.184. The van der Waals surface area contributed by atoms with Crippen LogP contribution in [0.3, 0.4) is 0 Å². The molecule has 25 heavy (non-hydrogen) atoms. The predicted octanol–water partition coefficient (Wildman–Crippen LogP) is 2.85. The molecule has 5 heteroatoms. The number of hydrogen-bond donors (Lipinski definition) is 0. The molecule has 2 fully saturated rings. The van der Waals surface area contributed by atoms with Crippen molar-refractivity contribution in [3.8, 4) is 0 Å². The molecule has 0 radical (unpaired) electrons. The van der Waals surface area contributed by atoms with Crippen LogP contribution >= 0.6 is 0 Å². The van der Waals surface area contributed by atoms with Gasteiger partial charge < -0.3 is 4.90 Å². The van der Waals surface area contributed by atoms with Gasteiger partial charge in [0, 0.05) is 25.6 Å². The van der Waals surface area contributed by atoms with E-state index in [2.05, 4.69) is 0 Å². The van der Waals surface area contributed by atoms with Gasteiger partial charge in [-0.05, 0) is 43.7 Å². The molecule has 0 bridgehead atoms. The maximum absolute atomic E-state index is 12.8. The molecular formula is C20H24N2O3. The number of piperidine rings is 1. The number of fused-ring (bicyclic) bond motifs is 2. The van der Waals surface area contributed by atoms with Crippen molar-refractivity contribution in [1.29, 1.82) is 0 Å². The smallest absolute Gasteiger partial charge is 0.261 e. The Labute approximate surface area is 148 Å². The summed E-state index contributed by atoms with van der Waals surface area (Å²) in [4.78, 5) is 40.8. The van der Waals surface area contributed by atoms with Gasteiger partial charge in [-0.15, -0.1) is 0 Å². The lowest BCUT2D eigenvalue weighted by Gasteiger charge is -2.44. The maximum Gasteiger partial charge on any atom is 0.261 e. The first-order chi connectivity index (χ1) is 12.2. The Morgan fingerprint density at radius 1 is 0.960 bits per heavy atom. The summed E-state index contributed by atoms with van der Waals surface area (Å²) in [5.41, 5.74) is 0.899. The van der Waals surface area contributed by atoms with Gasteiger partial charge >= 0.3 is 0 Å². The molecule has 0 unspecified atom stereocenters. The molecule has 1 aromatic rings. The Kier molecular flexibility index (Phi) is 4.32. The van der Waals surface area contributed by atoms with E-state index in [0.717, 1.165) is 19.4 Å². The Morgan fingerprint density at radius 2 is 1.60 bits per heavy atom. The number of likely N-dealkylation sites (tertiary alicyclic amines) is 1. The number of carbonyl (C=O) groups is 3. The van der Waals surface area contributed by atoms with Crippen LogP contribution in [-0.2, 0) is 4.79 Å². The molecule has 5 nitrogen and oxygen atoms in total. The molecule has 0 aromatic heterocycles. The van der Waals surface area contributed by atoms with Gasteiger partial charge in [0.25, 0.3) is 11.8 Å². The minimum absolute atomic E-state index is 0.0909. The van der Waals surface area contributed by atoms with Crippen molar-refractivity contribution < 1.29 is 14.4 Å². The van der Waals surface area contributed by atoms with Gasteiger partial charge in [-0.3, -0.25) is 19.3 Å². The van der Waals surface area contributed by atoms with Crippen molar-refractivity contribution in [2.24, 2.45) is 5.92 Å². The van der Waals surface area contributed by atoms with E-state index >= 15 is 0 Å². The third-order valence-corrected chi connectivity index (χ3v) is 5.99. The average molecular weight is 340 g/mol. The SMILES string of the molecule is O=C1c2ccccc2C(=O)N1CCC(=O)N1CCC[C@@H]2CCCC[C@@H]21. The average Bonchev–Trinajstić information content (AvgIpc) is 2.90. The van der Waals surface area contributed by atoms with Crippen LogP contribution in [0.4, 0.5) is 0 Å². The van der Waals surface area contributed by atoms with Crippen LogP contribution in [0.2, 0.25) is 0 Å². The summed E-state index contributed by atoms with van der Waals surface area (Å²) >= 11 is 0. The second kappa shape index (κ2) is 6.62. The Bertz CT molecular complexity index is 678. The van der Waals surface area contributed by atoms with Crippen LogP contribution in [0.15, 0.2) is 24.3 Å². The van der Waals surface area contributed by atoms with Gasteiger partial charge in [0.15, 0.2) is 0 Å². The third kappa shape index (κ3) is 2.86. The second-order valence-electron chi connectivity index (χ2n) is 7.40. The molecular weight excluding hydrogens is 316 g/mol. The number of carbonyl (C=O) groups excluding carboxylic acids is 3. The fourth-order valence-corrected chi connectivity index (χ4v) is 4.73. The summed E-state index contributed by atoms with van der Waals surface area (Å²) < 4.78 is 0. The number of benzene rings is 1. The first-order valence-electron chi connectivity index (χ1n) is 9.41. The quantitative estimate of drug-likeness (QED) is 0.795. The minimum Gasteiger partial charge on any atom is -0.339 e. The van der Waals surface area contributed by atoms with Crippen molar-refractivity contribution in [3.63, 3.8) is 0 Å². The summed E-state index contributed by atoms with van der Waals surface area (Å²) in [6, 6.07) is 7.24. The van der Waals surface area contributed by atoms with Crippen LogP contribution in [0, 0.1) is 5.92 Å². The molecule has 2 aliphatic heterocycles. The Morgan fingerprint density at radius 3 is 2.32 bits per heavy atom. The Hall–Kier alpha value is -2.17. The van der Waals surface area contributed by atoms with Gasteiger partial charge in [0.1, 0.15) is 0 Å². The summed E-state index contributed by atoms with van der Waals surface area (Å²) in [6.45, 7) is 1.00. The molecule has 1 aliphatic carbocycles. The van der Waals surface area contributed by atoms with Crippen molar-refractivity contribution in [1.82, 2.24) is 9.80 Å². The van der Waals surface area contributed by atoms with Gasteiger partial charge in [-0.1, -0.05) is 25.0 Å². The molecule has 1 aromatic carbocycles. The molecule has 3 amide bonds. The van der Waals surface area contributed by atoms with E-state index in [9.17, 15) is 14.4 Å². The standard InChI is InChI=1S/C20H24N2O3/c23-18(21-12-5-7-14-6-1-4-10-17(14)21)11-13-22-19(24)15-8-2-3-9-16(15)20(22)25/h2-3,8-9,14,17H,1,4-7,10-13H2/t14-,17-/m0/s1. The Balaban J connectivity index is 1.41. The third-order valence-electron chi connectivity index (χ3n) is 5.99. The van der Waals surface area contributed by atoms with E-state index in [1.165, 1.54) is 30.6 Å². The van der Waals surface area contributed by atoms with Crippen molar-refractivity contribution in [2.45, 2.75) is 51.0 Å². The fraction of sp³-hybridized carbons (Fsp3) is 0.550. The highest BCUT2D eigenvalue weighted by molar-refractivity contribution is 6.21. The molecule has 132 valence electrons. The van der Waals surface area contributed by atoms with Crippen LogP contribution in [-0.4, -0.2) is 46.7 Å². The van der Waals surface area contributed by atoms with Crippen LogP contribution in [0.5, 0.6) is 0 Å². The van der Waals surface area contributed by atoms with E-state index in [1.54, 1.807) is 24.3 Å². The molecule has 3 aliphatic rings. The topological polar surface area (TPSA) is 57.7 Å². The summed E-state index contributed by atoms with van der Waals surface area (Å²) in [7, 11) is 0. The zero-order valence-corrected chi connectivity index (χ0v) is 14.4. The van der Waals surface area contributed by atoms with Crippen molar-refractivity contribution >= 4 is 17.7 Å². The van der Waals surface area contributed by atoms with E-state index in [4.69, 9.17) is 0 Å². The summed E-state index contributed by atoms with van der Waals surface area (Å²) in [6.07, 6.45) is 7.33. The first-order valence-corrected chi connectivity index (χ1v) is 9.41. The first kappa shape index (κ1) is 16.3. The van der Waals surface area contributed by atoms with Gasteiger partial charge in [0.2, 0.25) is 5.91 Å². The molecule has 0 N–H and O–H groups in total. The molecule has 1 saturated carbocycles. The second-order valence-corrected chi connectivity index (χ2v) is 7.40. The molecule has 2 atom stereocenters. The monoisotopic (exact) mass is 340 g/mol. The largest absolute Gasteiger partial charge is 0.339 e. The highest BCUT2D eigenvalue weighted by atomic mass is 16.2. The van der Waals surface area contributed by atoms with Crippen molar-refractivity contribution in [2.75, 3.05) is 13.1 Å². The highest BCUT2D eigenvalue weighted by Gasteiger charge is 2.38. The van der Waals surface area contributed by atoms with E-state index < -0.39 is 0 Å². The molecule has 1 saturated heterocycles. The lowest BCUT2D eigenvalue weighted by atomic mass is 9.78. The van der Waals surface area contributed by atoms with Gasteiger partial charge in [0.05, 0.1) is 11.1 Å². The van der Waals surface area contributed by atoms with Gasteiger partial charge in [-0.25, -0.2) is 0 Å². The zero-order valence-electron chi connectivity index (χ0n) is 14.4. The minimum atomic E-state index is -0.275. The van der Waals surface area contributed by atoms with Gasteiger partial charge in [-0.2, -0.15) is 0 Å². The normalized spacial score (nSPS) is 25.8. The van der Waals surface area contributed by atoms with Crippen LogP contribution in [0.1, 0.15) is 65.7 Å². The van der Waals surface area contributed by atoms with E-state index in [1.807, 2.05) is 4.90 Å². The molecule has 0 spiro atoms. The lowest BCUT2D eigenvalue weighted by molar-refractivity contribution is -0.137. The number of rotatable bonds is 3. The molecule has 2 heterocycles. The molecule has 4 rings (SSSR count).